The predicted molar refractivity (Wildman–Crippen MR) is 50.1 cm³/mol. The van der Waals surface area contributed by atoms with Crippen molar-refractivity contribution in [1.82, 2.24) is 5.01 Å². The van der Waals surface area contributed by atoms with E-state index in [1.165, 1.54) is 0 Å². The second-order valence-corrected chi connectivity index (χ2v) is 3.72. The molecule has 0 aromatic rings. The van der Waals surface area contributed by atoms with E-state index >= 15 is 0 Å². The molecule has 1 aliphatic heterocycles. The van der Waals surface area contributed by atoms with Crippen molar-refractivity contribution in [2.75, 3.05) is 13.2 Å². The zero-order valence-corrected chi connectivity index (χ0v) is 8.37. The molecule has 0 radical (unpaired) electrons. The number of ether oxygens (including phenoxy) is 1. The Morgan fingerprint density at radius 2 is 2.17 bits per heavy atom. The topological polar surface area (TPSA) is 24.8 Å². The summed E-state index contributed by atoms with van der Waals surface area (Å²) in [5.74, 6) is 0.510. The van der Waals surface area contributed by atoms with Gasteiger partial charge in [-0.3, -0.25) is 5.01 Å². The van der Waals surface area contributed by atoms with E-state index in [4.69, 9.17) is 4.74 Å². The molecule has 1 atom stereocenters. The van der Waals surface area contributed by atoms with Gasteiger partial charge in [0.25, 0.3) is 0 Å². The van der Waals surface area contributed by atoms with Crippen LogP contribution in [0.25, 0.3) is 0 Å². The maximum absolute atomic E-state index is 5.55. The minimum atomic E-state index is 0.180. The van der Waals surface area contributed by atoms with Crippen LogP contribution in [0.5, 0.6) is 0 Å². The van der Waals surface area contributed by atoms with Crippen molar-refractivity contribution in [3.63, 3.8) is 0 Å². The second-order valence-electron chi connectivity index (χ2n) is 3.72. The molecule has 1 unspecified atom stereocenters. The van der Waals surface area contributed by atoms with Crippen LogP contribution in [0.2, 0.25) is 0 Å². The quantitative estimate of drug-likeness (QED) is 0.589. The molecule has 0 aliphatic carbocycles. The first kappa shape index (κ1) is 9.52. The maximum atomic E-state index is 5.55. The van der Waals surface area contributed by atoms with Gasteiger partial charge in [0.1, 0.15) is 6.23 Å². The lowest BCUT2D eigenvalue weighted by Gasteiger charge is -2.23. The summed E-state index contributed by atoms with van der Waals surface area (Å²) < 4.78 is 5.55. The van der Waals surface area contributed by atoms with Crippen LogP contribution in [-0.4, -0.2) is 30.1 Å². The molecule has 0 N–H and O–H groups in total. The van der Waals surface area contributed by atoms with Crippen molar-refractivity contribution in [2.24, 2.45) is 11.0 Å². The number of rotatable bonds is 2. The van der Waals surface area contributed by atoms with E-state index in [1.807, 2.05) is 18.9 Å². The molecule has 1 fully saturated rings. The Morgan fingerprint density at radius 1 is 1.50 bits per heavy atom. The molecule has 3 nitrogen and oxygen atoms in total. The summed E-state index contributed by atoms with van der Waals surface area (Å²) in [6.45, 7) is 10.1. The van der Waals surface area contributed by atoms with Gasteiger partial charge in [0.15, 0.2) is 0 Å². The molecular weight excluding hydrogens is 152 g/mol. The Kier molecular flexibility index (Phi) is 3.09. The van der Waals surface area contributed by atoms with Gasteiger partial charge in [0.2, 0.25) is 0 Å². The zero-order chi connectivity index (χ0) is 9.14. The maximum Gasteiger partial charge on any atom is 0.148 e. The summed E-state index contributed by atoms with van der Waals surface area (Å²) in [7, 11) is 0. The highest BCUT2D eigenvalue weighted by molar-refractivity contribution is 5.78. The molecule has 0 aromatic heterocycles. The molecule has 0 bridgehead atoms. The minimum absolute atomic E-state index is 0.180. The Hall–Kier alpha value is -0.570. The lowest BCUT2D eigenvalue weighted by atomic mass is 10.2. The molecule has 3 heteroatoms. The fraction of sp³-hybridized carbons (Fsp3) is 0.889. The molecule has 0 spiro atoms. The average molecular weight is 170 g/mol. The molecular formula is C9H18N2O. The fourth-order valence-corrected chi connectivity index (χ4v) is 1.38. The molecule has 1 saturated heterocycles. The highest BCUT2D eigenvalue weighted by atomic mass is 16.5. The van der Waals surface area contributed by atoms with Gasteiger partial charge in [0.05, 0.1) is 13.2 Å². The Balaban J connectivity index is 2.58. The van der Waals surface area contributed by atoms with Gasteiger partial charge in [-0.15, -0.1) is 0 Å². The zero-order valence-electron chi connectivity index (χ0n) is 8.37. The molecule has 0 saturated carbocycles. The predicted octanol–water partition coefficient (Wildman–Crippen LogP) is 1.70. The summed E-state index contributed by atoms with van der Waals surface area (Å²) in [6.07, 6.45) is 0.180. The first-order valence-corrected chi connectivity index (χ1v) is 4.51. The number of hydrogen-bond acceptors (Lipinski definition) is 3. The van der Waals surface area contributed by atoms with Gasteiger partial charge in [-0.1, -0.05) is 13.8 Å². The van der Waals surface area contributed by atoms with Crippen LogP contribution in [-0.2, 0) is 4.74 Å². The van der Waals surface area contributed by atoms with E-state index in [-0.39, 0.29) is 6.23 Å². The lowest BCUT2D eigenvalue weighted by Crippen LogP contribution is -2.30. The van der Waals surface area contributed by atoms with Crippen LogP contribution in [0.3, 0.4) is 0 Å². The highest BCUT2D eigenvalue weighted by Crippen LogP contribution is 2.17. The van der Waals surface area contributed by atoms with Crippen LogP contribution in [0.1, 0.15) is 27.7 Å². The van der Waals surface area contributed by atoms with E-state index in [1.54, 1.807) is 0 Å². The molecule has 70 valence electrons. The number of hydrogen-bond donors (Lipinski definition) is 0. The van der Waals surface area contributed by atoms with Crippen LogP contribution in [0.4, 0.5) is 0 Å². The van der Waals surface area contributed by atoms with E-state index in [0.717, 1.165) is 18.9 Å². The lowest BCUT2D eigenvalue weighted by molar-refractivity contribution is -0.000685. The molecule has 0 amide bonds. The largest absolute Gasteiger partial charge is 0.355 e. The third kappa shape index (κ3) is 2.21. The van der Waals surface area contributed by atoms with Crippen molar-refractivity contribution in [2.45, 2.75) is 33.9 Å². The first-order chi connectivity index (χ1) is 5.61. The smallest absolute Gasteiger partial charge is 0.148 e. The molecule has 1 heterocycles. The van der Waals surface area contributed by atoms with Crippen LogP contribution in [0, 0.1) is 5.92 Å². The summed E-state index contributed by atoms with van der Waals surface area (Å²) in [6, 6.07) is 0. The van der Waals surface area contributed by atoms with Crippen molar-refractivity contribution in [1.29, 1.82) is 0 Å². The number of hydrazone groups is 1. The summed E-state index contributed by atoms with van der Waals surface area (Å²) >= 11 is 0. The van der Waals surface area contributed by atoms with Crippen LogP contribution in [0.15, 0.2) is 5.10 Å². The van der Waals surface area contributed by atoms with Crippen molar-refractivity contribution >= 4 is 5.71 Å². The summed E-state index contributed by atoms with van der Waals surface area (Å²) in [5.41, 5.74) is 1.09. The fourth-order valence-electron chi connectivity index (χ4n) is 1.38. The third-order valence-corrected chi connectivity index (χ3v) is 1.80. The second kappa shape index (κ2) is 3.90. The van der Waals surface area contributed by atoms with Crippen LogP contribution < -0.4 is 0 Å². The first-order valence-electron chi connectivity index (χ1n) is 4.51. The highest BCUT2D eigenvalue weighted by Gasteiger charge is 2.26. The van der Waals surface area contributed by atoms with Gasteiger partial charge in [-0.2, -0.15) is 5.10 Å². The molecule has 0 aromatic carbocycles. The SMILES string of the molecule is CC(C)=NN1CCOC1C(C)C. The van der Waals surface area contributed by atoms with Crippen molar-refractivity contribution in [3.8, 4) is 0 Å². The van der Waals surface area contributed by atoms with E-state index in [2.05, 4.69) is 18.9 Å². The van der Waals surface area contributed by atoms with Gasteiger partial charge in [-0.05, 0) is 19.8 Å². The van der Waals surface area contributed by atoms with Gasteiger partial charge < -0.3 is 4.74 Å². The van der Waals surface area contributed by atoms with E-state index < -0.39 is 0 Å². The Morgan fingerprint density at radius 3 is 2.67 bits per heavy atom. The Bertz CT molecular complexity index is 173. The Labute approximate surface area is 74.4 Å². The van der Waals surface area contributed by atoms with Crippen molar-refractivity contribution in [3.05, 3.63) is 0 Å². The summed E-state index contributed by atoms with van der Waals surface area (Å²) in [5, 5.41) is 6.45. The summed E-state index contributed by atoms with van der Waals surface area (Å²) in [4.78, 5) is 0. The molecule has 1 rings (SSSR count). The molecule has 12 heavy (non-hydrogen) atoms. The minimum Gasteiger partial charge on any atom is -0.355 e. The molecule has 1 aliphatic rings. The van der Waals surface area contributed by atoms with Gasteiger partial charge in [0, 0.05) is 5.71 Å². The van der Waals surface area contributed by atoms with Crippen LogP contribution >= 0.6 is 0 Å². The average Bonchev–Trinajstić information content (AvgIpc) is 2.33. The van der Waals surface area contributed by atoms with Gasteiger partial charge in [-0.25, -0.2) is 0 Å². The normalized spacial score (nSPS) is 23.4. The standard InChI is InChI=1S/C9H18N2O/c1-7(2)9-11(5-6-12-9)10-8(3)4/h7,9H,5-6H2,1-4H3. The third-order valence-electron chi connectivity index (χ3n) is 1.80. The number of nitrogens with zero attached hydrogens (tertiary/aromatic N) is 2. The monoisotopic (exact) mass is 170 g/mol. The van der Waals surface area contributed by atoms with Crippen molar-refractivity contribution < 1.29 is 4.74 Å². The van der Waals surface area contributed by atoms with E-state index in [0.29, 0.717) is 5.92 Å². The van der Waals surface area contributed by atoms with E-state index in [9.17, 15) is 0 Å². The van der Waals surface area contributed by atoms with Gasteiger partial charge >= 0.3 is 0 Å².